The molecule has 0 bridgehead atoms. The van der Waals surface area contributed by atoms with E-state index in [9.17, 15) is 0 Å². The van der Waals surface area contributed by atoms with Crippen LogP contribution in [0, 0.1) is 0 Å². The molecule has 1 heterocycles. The van der Waals surface area contributed by atoms with Gasteiger partial charge in [0.05, 0.1) is 11.9 Å². The highest BCUT2D eigenvalue weighted by Gasteiger charge is 2.13. The van der Waals surface area contributed by atoms with E-state index in [1.54, 1.807) is 0 Å². The van der Waals surface area contributed by atoms with E-state index in [4.69, 9.17) is 4.74 Å². The van der Waals surface area contributed by atoms with E-state index in [-0.39, 0.29) is 5.60 Å². The second-order valence-electron chi connectivity index (χ2n) is 5.55. The summed E-state index contributed by atoms with van der Waals surface area (Å²) in [6.45, 7) is 11.5. The molecule has 0 aromatic carbocycles. The van der Waals surface area contributed by atoms with Crippen molar-refractivity contribution in [3.05, 3.63) is 24.0 Å². The molecule has 0 amide bonds. The molecule has 1 rings (SSSR count). The quantitative estimate of drug-likeness (QED) is 0.835. The maximum Gasteiger partial charge on any atom is 0.138 e. The Bertz CT molecular complexity index is 341. The number of rotatable bonds is 6. The number of hydrogen-bond donors (Lipinski definition) is 1. The molecule has 0 radical (unpaired) electrons. The van der Waals surface area contributed by atoms with Crippen molar-refractivity contribution < 1.29 is 4.74 Å². The molecule has 0 saturated heterocycles. The van der Waals surface area contributed by atoms with E-state index in [0.29, 0.717) is 6.04 Å². The first kappa shape index (κ1) is 15.0. The van der Waals surface area contributed by atoms with Gasteiger partial charge in [-0.2, -0.15) is 0 Å². The van der Waals surface area contributed by atoms with E-state index in [1.807, 2.05) is 33.0 Å². The third-order valence-electron chi connectivity index (χ3n) is 2.59. The molecular weight excluding hydrogens is 224 g/mol. The van der Waals surface area contributed by atoms with Gasteiger partial charge in [-0.3, -0.25) is 4.98 Å². The maximum atomic E-state index is 5.77. The van der Waals surface area contributed by atoms with Crippen LogP contribution in [-0.4, -0.2) is 17.1 Å². The minimum atomic E-state index is -0.173. The molecule has 0 spiro atoms. The zero-order valence-electron chi connectivity index (χ0n) is 12.3. The van der Waals surface area contributed by atoms with E-state index < -0.39 is 0 Å². The third-order valence-corrected chi connectivity index (χ3v) is 2.59. The Morgan fingerprint density at radius 3 is 2.44 bits per heavy atom. The van der Waals surface area contributed by atoms with Crippen LogP contribution < -0.4 is 10.1 Å². The Hall–Kier alpha value is -1.09. The van der Waals surface area contributed by atoms with Gasteiger partial charge in [0.25, 0.3) is 0 Å². The molecule has 102 valence electrons. The van der Waals surface area contributed by atoms with E-state index in [2.05, 4.69) is 30.2 Å². The van der Waals surface area contributed by atoms with Crippen LogP contribution in [0.5, 0.6) is 5.75 Å². The predicted octanol–water partition coefficient (Wildman–Crippen LogP) is 3.71. The SMILES string of the molecule is CCCNC(CC)c1ccc(OC(C)(C)C)cn1. The molecule has 1 aromatic heterocycles. The average Bonchev–Trinajstić information content (AvgIpc) is 2.30. The summed E-state index contributed by atoms with van der Waals surface area (Å²) in [7, 11) is 0. The van der Waals surface area contributed by atoms with E-state index >= 15 is 0 Å². The summed E-state index contributed by atoms with van der Waals surface area (Å²) >= 11 is 0. The monoisotopic (exact) mass is 250 g/mol. The molecule has 0 saturated carbocycles. The molecular formula is C15H26N2O. The lowest BCUT2D eigenvalue weighted by Crippen LogP contribution is -2.24. The standard InChI is InChI=1S/C15H26N2O/c1-6-10-16-13(7-2)14-9-8-12(11-17-14)18-15(3,4)5/h8-9,11,13,16H,6-7,10H2,1-5H3. The summed E-state index contributed by atoms with van der Waals surface area (Å²) < 4.78 is 5.77. The van der Waals surface area contributed by atoms with Crippen LogP contribution in [0.3, 0.4) is 0 Å². The van der Waals surface area contributed by atoms with Crippen molar-refractivity contribution >= 4 is 0 Å². The first-order chi connectivity index (χ1) is 8.46. The Kier molecular flexibility index (Phi) is 5.60. The van der Waals surface area contributed by atoms with Gasteiger partial charge < -0.3 is 10.1 Å². The van der Waals surface area contributed by atoms with Gasteiger partial charge >= 0.3 is 0 Å². The fraction of sp³-hybridized carbons (Fsp3) is 0.667. The van der Waals surface area contributed by atoms with Crippen molar-refractivity contribution in [1.29, 1.82) is 0 Å². The van der Waals surface area contributed by atoms with Crippen molar-refractivity contribution in [1.82, 2.24) is 10.3 Å². The van der Waals surface area contributed by atoms with Crippen LogP contribution in [0.25, 0.3) is 0 Å². The van der Waals surface area contributed by atoms with Gasteiger partial charge in [0, 0.05) is 6.04 Å². The fourth-order valence-corrected chi connectivity index (χ4v) is 1.79. The van der Waals surface area contributed by atoms with Crippen LogP contribution in [0.1, 0.15) is 59.2 Å². The Morgan fingerprint density at radius 1 is 1.28 bits per heavy atom. The maximum absolute atomic E-state index is 5.77. The summed E-state index contributed by atoms with van der Waals surface area (Å²) in [5.41, 5.74) is 0.917. The zero-order valence-corrected chi connectivity index (χ0v) is 12.3. The number of nitrogens with one attached hydrogen (secondary N) is 1. The average molecular weight is 250 g/mol. The van der Waals surface area contributed by atoms with Crippen molar-refractivity contribution in [2.45, 2.75) is 59.1 Å². The van der Waals surface area contributed by atoms with Crippen LogP contribution in [0.2, 0.25) is 0 Å². The molecule has 0 aliphatic carbocycles. The molecule has 18 heavy (non-hydrogen) atoms. The second-order valence-corrected chi connectivity index (χ2v) is 5.55. The molecule has 1 N–H and O–H groups in total. The Balaban J connectivity index is 2.68. The molecule has 0 fully saturated rings. The molecule has 3 nitrogen and oxygen atoms in total. The number of pyridine rings is 1. The van der Waals surface area contributed by atoms with Crippen molar-refractivity contribution in [3.8, 4) is 5.75 Å². The first-order valence-electron chi connectivity index (χ1n) is 6.84. The van der Waals surface area contributed by atoms with Gasteiger partial charge in [0.15, 0.2) is 0 Å². The predicted molar refractivity (Wildman–Crippen MR) is 75.9 cm³/mol. The highest BCUT2D eigenvalue weighted by atomic mass is 16.5. The minimum Gasteiger partial charge on any atom is -0.487 e. The van der Waals surface area contributed by atoms with Crippen molar-refractivity contribution in [2.24, 2.45) is 0 Å². The lowest BCUT2D eigenvalue weighted by atomic mass is 10.1. The topological polar surface area (TPSA) is 34.1 Å². The lowest BCUT2D eigenvalue weighted by Gasteiger charge is -2.22. The highest BCUT2D eigenvalue weighted by Crippen LogP contribution is 2.20. The summed E-state index contributed by atoms with van der Waals surface area (Å²) in [6, 6.07) is 4.40. The van der Waals surface area contributed by atoms with Gasteiger partial charge in [-0.1, -0.05) is 13.8 Å². The third kappa shape index (κ3) is 5.05. The largest absolute Gasteiger partial charge is 0.487 e. The van der Waals surface area contributed by atoms with Crippen LogP contribution in [-0.2, 0) is 0 Å². The summed E-state index contributed by atoms with van der Waals surface area (Å²) in [4.78, 5) is 4.50. The van der Waals surface area contributed by atoms with Gasteiger partial charge in [0.1, 0.15) is 11.4 Å². The number of aromatic nitrogens is 1. The Labute approximate surface area is 111 Å². The van der Waals surface area contributed by atoms with Gasteiger partial charge in [-0.15, -0.1) is 0 Å². The first-order valence-corrected chi connectivity index (χ1v) is 6.84. The number of nitrogens with zero attached hydrogens (tertiary/aromatic N) is 1. The van der Waals surface area contributed by atoms with E-state index in [1.165, 1.54) is 0 Å². The normalized spacial score (nSPS) is 13.4. The molecule has 1 aromatic rings. The van der Waals surface area contributed by atoms with Crippen LogP contribution >= 0.6 is 0 Å². The number of ether oxygens (including phenoxy) is 1. The van der Waals surface area contributed by atoms with Crippen molar-refractivity contribution in [3.63, 3.8) is 0 Å². The fourth-order valence-electron chi connectivity index (χ4n) is 1.79. The molecule has 1 atom stereocenters. The van der Waals surface area contributed by atoms with Gasteiger partial charge in [0.2, 0.25) is 0 Å². The summed E-state index contributed by atoms with van der Waals surface area (Å²) in [5, 5.41) is 3.50. The van der Waals surface area contributed by atoms with Gasteiger partial charge in [-0.05, 0) is 52.3 Å². The summed E-state index contributed by atoms with van der Waals surface area (Å²) in [5.74, 6) is 0.830. The number of hydrogen-bond acceptors (Lipinski definition) is 3. The molecule has 3 heteroatoms. The molecule has 1 unspecified atom stereocenters. The van der Waals surface area contributed by atoms with E-state index in [0.717, 1.165) is 30.8 Å². The second kappa shape index (κ2) is 6.74. The smallest absolute Gasteiger partial charge is 0.138 e. The summed E-state index contributed by atoms with van der Waals surface area (Å²) in [6.07, 6.45) is 4.01. The van der Waals surface area contributed by atoms with Crippen LogP contribution in [0.4, 0.5) is 0 Å². The molecule has 0 aliphatic heterocycles. The van der Waals surface area contributed by atoms with Crippen LogP contribution in [0.15, 0.2) is 18.3 Å². The highest BCUT2D eigenvalue weighted by molar-refractivity contribution is 5.22. The van der Waals surface area contributed by atoms with Gasteiger partial charge in [-0.25, -0.2) is 0 Å². The minimum absolute atomic E-state index is 0.173. The van der Waals surface area contributed by atoms with Crippen molar-refractivity contribution in [2.75, 3.05) is 6.54 Å². The Morgan fingerprint density at radius 2 is 2.00 bits per heavy atom. The molecule has 0 aliphatic rings. The lowest BCUT2D eigenvalue weighted by molar-refractivity contribution is 0.130. The zero-order chi connectivity index (χ0) is 13.6.